The number of carboxylic acid groups (broad SMARTS) is 1. The number of carbonyl (C=O) groups is 2. The van der Waals surface area contributed by atoms with Gasteiger partial charge in [0.1, 0.15) is 6.04 Å². The fraction of sp³-hybridized carbons (Fsp3) is 0.429. The summed E-state index contributed by atoms with van der Waals surface area (Å²) >= 11 is 5.82. The van der Waals surface area contributed by atoms with Crippen LogP contribution in [-0.2, 0) is 4.79 Å². The fourth-order valence-electron chi connectivity index (χ4n) is 1.73. The molecule has 2 unspecified atom stereocenters. The van der Waals surface area contributed by atoms with E-state index in [1.54, 1.807) is 26.1 Å². The van der Waals surface area contributed by atoms with Crippen LogP contribution in [0.2, 0.25) is 5.02 Å². The molecule has 0 saturated heterocycles. The van der Waals surface area contributed by atoms with E-state index in [1.807, 2.05) is 19.1 Å². The van der Waals surface area contributed by atoms with Gasteiger partial charge in [-0.05, 0) is 31.0 Å². The van der Waals surface area contributed by atoms with Crippen LogP contribution in [0.25, 0.3) is 0 Å². The van der Waals surface area contributed by atoms with Crippen LogP contribution in [-0.4, -0.2) is 35.1 Å². The first kappa shape index (κ1) is 16.3. The number of halogens is 1. The third-order valence-electron chi connectivity index (χ3n) is 3.26. The van der Waals surface area contributed by atoms with Gasteiger partial charge in [-0.1, -0.05) is 30.7 Å². The van der Waals surface area contributed by atoms with Crippen LogP contribution < -0.4 is 5.32 Å². The maximum atomic E-state index is 12.0. The van der Waals surface area contributed by atoms with E-state index in [1.165, 1.54) is 4.90 Å². The number of benzene rings is 1. The minimum atomic E-state index is -1.03. The molecule has 110 valence electrons. The van der Waals surface area contributed by atoms with Gasteiger partial charge in [0.2, 0.25) is 0 Å². The molecule has 5 nitrogen and oxygen atoms in total. The van der Waals surface area contributed by atoms with Gasteiger partial charge in [-0.2, -0.15) is 0 Å². The Labute approximate surface area is 123 Å². The summed E-state index contributed by atoms with van der Waals surface area (Å²) in [6.07, 6.45) is 0.338. The van der Waals surface area contributed by atoms with Crippen molar-refractivity contribution < 1.29 is 14.7 Å². The van der Waals surface area contributed by atoms with Crippen LogP contribution >= 0.6 is 11.6 Å². The summed E-state index contributed by atoms with van der Waals surface area (Å²) < 4.78 is 0. The largest absolute Gasteiger partial charge is 0.480 e. The molecule has 0 bridgehead atoms. The van der Waals surface area contributed by atoms with Crippen LogP contribution in [0.15, 0.2) is 24.3 Å². The Kier molecular flexibility index (Phi) is 5.82. The predicted octanol–water partition coefficient (Wildman–Crippen LogP) is 2.91. The van der Waals surface area contributed by atoms with Gasteiger partial charge in [0, 0.05) is 12.1 Å². The molecule has 2 amide bonds. The summed E-state index contributed by atoms with van der Waals surface area (Å²) in [7, 11) is 1.63. The molecule has 20 heavy (non-hydrogen) atoms. The Hall–Kier alpha value is -1.75. The molecule has 0 aliphatic carbocycles. The number of nitrogens with one attached hydrogen (secondary N) is 1. The van der Waals surface area contributed by atoms with Gasteiger partial charge >= 0.3 is 12.0 Å². The zero-order valence-corrected chi connectivity index (χ0v) is 12.5. The molecule has 1 aromatic rings. The highest BCUT2D eigenvalue weighted by Gasteiger charge is 2.22. The summed E-state index contributed by atoms with van der Waals surface area (Å²) in [5.41, 5.74) is 0.926. The van der Waals surface area contributed by atoms with Crippen molar-refractivity contribution in [2.75, 3.05) is 7.05 Å². The lowest BCUT2D eigenvalue weighted by Crippen LogP contribution is -2.47. The smallest absolute Gasteiger partial charge is 0.326 e. The van der Waals surface area contributed by atoms with Gasteiger partial charge in [-0.15, -0.1) is 0 Å². The van der Waals surface area contributed by atoms with Gasteiger partial charge in [0.15, 0.2) is 0 Å². The van der Waals surface area contributed by atoms with Crippen LogP contribution in [0.1, 0.15) is 31.9 Å². The summed E-state index contributed by atoms with van der Waals surface area (Å²) in [4.78, 5) is 24.4. The van der Waals surface area contributed by atoms with E-state index in [0.29, 0.717) is 11.4 Å². The lowest BCUT2D eigenvalue weighted by atomic mass is 10.1. The average molecular weight is 299 g/mol. The molecule has 0 spiro atoms. The highest BCUT2D eigenvalue weighted by atomic mass is 35.5. The molecule has 0 radical (unpaired) electrons. The Morgan fingerprint density at radius 3 is 2.35 bits per heavy atom. The molecule has 0 saturated carbocycles. The Bertz CT molecular complexity index is 476. The van der Waals surface area contributed by atoms with Crippen molar-refractivity contribution in [2.24, 2.45) is 0 Å². The second kappa shape index (κ2) is 7.14. The highest BCUT2D eigenvalue weighted by molar-refractivity contribution is 6.30. The molecule has 0 heterocycles. The van der Waals surface area contributed by atoms with Crippen LogP contribution in [0, 0.1) is 0 Å². The predicted molar refractivity (Wildman–Crippen MR) is 77.9 cm³/mol. The van der Waals surface area contributed by atoms with Gasteiger partial charge in [0.05, 0.1) is 6.04 Å². The number of hydrogen-bond acceptors (Lipinski definition) is 2. The summed E-state index contributed by atoms with van der Waals surface area (Å²) in [5, 5.41) is 12.1. The average Bonchev–Trinajstić information content (AvgIpc) is 2.43. The number of urea groups is 1. The highest BCUT2D eigenvalue weighted by Crippen LogP contribution is 2.20. The first-order chi connectivity index (χ1) is 9.36. The molecule has 0 aliphatic heterocycles. The minimum absolute atomic E-state index is 0.182. The van der Waals surface area contributed by atoms with Crippen LogP contribution in [0.3, 0.4) is 0 Å². The maximum Gasteiger partial charge on any atom is 0.326 e. The number of carboxylic acids is 1. The third kappa shape index (κ3) is 4.13. The van der Waals surface area contributed by atoms with E-state index in [0.717, 1.165) is 5.56 Å². The molecule has 0 aromatic heterocycles. The third-order valence-corrected chi connectivity index (χ3v) is 3.51. The number of amides is 2. The molecule has 0 fully saturated rings. The summed E-state index contributed by atoms with van der Waals surface area (Å²) in [5.74, 6) is -1.03. The van der Waals surface area contributed by atoms with Crippen molar-refractivity contribution in [3.63, 3.8) is 0 Å². The van der Waals surface area contributed by atoms with Crippen molar-refractivity contribution in [2.45, 2.75) is 32.4 Å². The fourth-order valence-corrected chi connectivity index (χ4v) is 1.86. The molecule has 1 aromatic carbocycles. The molecule has 1 rings (SSSR count). The van der Waals surface area contributed by atoms with Crippen molar-refractivity contribution in [3.8, 4) is 0 Å². The molecule has 2 N–H and O–H groups in total. The van der Waals surface area contributed by atoms with Gasteiger partial charge < -0.3 is 15.3 Å². The monoisotopic (exact) mass is 298 g/mol. The molecule has 0 aliphatic rings. The number of aliphatic carboxylic acids is 1. The Morgan fingerprint density at radius 2 is 1.90 bits per heavy atom. The van der Waals surface area contributed by atoms with Crippen molar-refractivity contribution in [1.82, 2.24) is 10.2 Å². The minimum Gasteiger partial charge on any atom is -0.480 e. The van der Waals surface area contributed by atoms with E-state index < -0.39 is 18.0 Å². The van der Waals surface area contributed by atoms with Crippen LogP contribution in [0.5, 0.6) is 0 Å². The molecule has 2 atom stereocenters. The zero-order valence-electron chi connectivity index (χ0n) is 11.8. The lowest BCUT2D eigenvalue weighted by molar-refractivity contribution is -0.139. The maximum absolute atomic E-state index is 12.0. The van der Waals surface area contributed by atoms with Gasteiger partial charge in [-0.3, -0.25) is 0 Å². The Balaban J connectivity index is 2.73. The summed E-state index contributed by atoms with van der Waals surface area (Å²) in [6.45, 7) is 3.58. The molecular weight excluding hydrogens is 280 g/mol. The molecular formula is C14H19ClN2O3. The number of nitrogens with zero attached hydrogens (tertiary/aromatic N) is 1. The zero-order chi connectivity index (χ0) is 15.3. The summed E-state index contributed by atoms with van der Waals surface area (Å²) in [6, 6.07) is 5.72. The van der Waals surface area contributed by atoms with E-state index in [9.17, 15) is 9.59 Å². The number of hydrogen-bond donors (Lipinski definition) is 2. The van der Waals surface area contributed by atoms with E-state index in [4.69, 9.17) is 16.7 Å². The van der Waals surface area contributed by atoms with Gasteiger partial charge in [-0.25, -0.2) is 9.59 Å². The van der Waals surface area contributed by atoms with E-state index in [-0.39, 0.29) is 6.04 Å². The van der Waals surface area contributed by atoms with Crippen molar-refractivity contribution in [3.05, 3.63) is 34.9 Å². The van der Waals surface area contributed by atoms with Crippen molar-refractivity contribution in [1.29, 1.82) is 0 Å². The van der Waals surface area contributed by atoms with E-state index >= 15 is 0 Å². The number of carbonyl (C=O) groups excluding carboxylic acids is 1. The second-order valence-corrected chi connectivity index (χ2v) is 5.02. The first-order valence-electron chi connectivity index (χ1n) is 6.38. The quantitative estimate of drug-likeness (QED) is 0.878. The molecule has 6 heteroatoms. The first-order valence-corrected chi connectivity index (χ1v) is 6.76. The van der Waals surface area contributed by atoms with Gasteiger partial charge in [0.25, 0.3) is 0 Å². The normalized spacial score (nSPS) is 13.4. The lowest BCUT2D eigenvalue weighted by Gasteiger charge is -2.27. The second-order valence-electron chi connectivity index (χ2n) is 4.59. The van der Waals surface area contributed by atoms with E-state index in [2.05, 4.69) is 5.32 Å². The Morgan fingerprint density at radius 1 is 1.35 bits per heavy atom. The topological polar surface area (TPSA) is 69.6 Å². The standard InChI is InChI=1S/C14H19ClN2O3/c1-4-12(13(18)19)16-14(20)17(3)9(2)10-5-7-11(15)8-6-10/h5-9,12H,4H2,1-3H3,(H,16,20)(H,18,19). The SMILES string of the molecule is CCC(NC(=O)N(C)C(C)c1ccc(Cl)cc1)C(=O)O. The number of rotatable bonds is 5. The van der Waals surface area contributed by atoms with Crippen LogP contribution in [0.4, 0.5) is 4.79 Å². The van der Waals surface area contributed by atoms with Crippen molar-refractivity contribution >= 4 is 23.6 Å².